The number of rotatable bonds is 8. The van der Waals surface area contributed by atoms with E-state index in [4.69, 9.17) is 9.84 Å². The van der Waals surface area contributed by atoms with Crippen molar-refractivity contribution in [3.05, 3.63) is 29.8 Å². The fraction of sp³-hybridized carbons (Fsp3) is 0.556. The van der Waals surface area contributed by atoms with Crippen molar-refractivity contribution in [1.82, 2.24) is 10.2 Å². The first-order chi connectivity index (χ1) is 11.6. The molecule has 1 unspecified atom stereocenters. The van der Waals surface area contributed by atoms with Gasteiger partial charge in [0.15, 0.2) is 0 Å². The highest BCUT2D eigenvalue weighted by Gasteiger charge is 2.26. The summed E-state index contributed by atoms with van der Waals surface area (Å²) in [6, 6.07) is 7.68. The Hall–Kier alpha value is -2.08. The Morgan fingerprint density at radius 2 is 2.08 bits per heavy atom. The lowest BCUT2D eigenvalue weighted by Gasteiger charge is -2.29. The molecule has 2 N–H and O–H groups in total. The van der Waals surface area contributed by atoms with E-state index in [0.29, 0.717) is 26.1 Å². The molecule has 1 saturated heterocycles. The Morgan fingerprint density at radius 1 is 1.33 bits per heavy atom. The van der Waals surface area contributed by atoms with Crippen molar-refractivity contribution in [2.45, 2.75) is 32.7 Å². The minimum Gasteiger partial charge on any atom is -0.494 e. The van der Waals surface area contributed by atoms with Crippen molar-refractivity contribution in [2.75, 3.05) is 26.2 Å². The van der Waals surface area contributed by atoms with E-state index >= 15 is 0 Å². The molecule has 0 bridgehead atoms. The van der Waals surface area contributed by atoms with Crippen LogP contribution in [0.5, 0.6) is 5.75 Å². The van der Waals surface area contributed by atoms with E-state index in [1.54, 1.807) is 0 Å². The maximum atomic E-state index is 12.0. The second-order valence-corrected chi connectivity index (χ2v) is 6.18. The molecule has 1 aromatic rings. The largest absolute Gasteiger partial charge is 0.494 e. The third kappa shape index (κ3) is 5.85. The summed E-state index contributed by atoms with van der Waals surface area (Å²) in [7, 11) is 0. The van der Waals surface area contributed by atoms with Crippen LogP contribution in [0.25, 0.3) is 0 Å². The molecule has 0 saturated carbocycles. The molecule has 1 heterocycles. The molecule has 132 valence electrons. The Morgan fingerprint density at radius 3 is 2.75 bits per heavy atom. The molecule has 2 rings (SSSR count). The van der Waals surface area contributed by atoms with Gasteiger partial charge < -0.3 is 15.2 Å². The Labute approximate surface area is 142 Å². The van der Waals surface area contributed by atoms with Gasteiger partial charge in [-0.05, 0) is 43.5 Å². The topological polar surface area (TPSA) is 78.9 Å². The van der Waals surface area contributed by atoms with E-state index in [2.05, 4.69) is 12.2 Å². The number of likely N-dealkylation sites (tertiary alicyclic amines) is 1. The molecule has 0 radical (unpaired) electrons. The number of carbonyl (C=O) groups excluding carboxylic acids is 1. The molecule has 6 heteroatoms. The highest BCUT2D eigenvalue weighted by Crippen LogP contribution is 2.16. The lowest BCUT2D eigenvalue weighted by Crippen LogP contribution is -2.44. The molecule has 1 aliphatic rings. The number of carboxylic acid groups (broad SMARTS) is 1. The zero-order valence-corrected chi connectivity index (χ0v) is 14.2. The van der Waals surface area contributed by atoms with E-state index < -0.39 is 5.97 Å². The first-order valence-electron chi connectivity index (χ1n) is 8.52. The summed E-state index contributed by atoms with van der Waals surface area (Å²) in [5.41, 5.74) is 1.01. The van der Waals surface area contributed by atoms with Gasteiger partial charge in [0.1, 0.15) is 5.75 Å². The number of carbonyl (C=O) groups is 2. The van der Waals surface area contributed by atoms with Crippen molar-refractivity contribution in [3.8, 4) is 5.75 Å². The molecule has 1 atom stereocenters. The molecule has 24 heavy (non-hydrogen) atoms. The predicted molar refractivity (Wildman–Crippen MR) is 90.9 cm³/mol. The maximum Gasteiger partial charge on any atom is 0.307 e. The molecular formula is C18H26N2O4. The maximum absolute atomic E-state index is 12.0. The molecule has 1 aliphatic heterocycles. The summed E-state index contributed by atoms with van der Waals surface area (Å²) in [6.07, 6.45) is 2.49. The van der Waals surface area contributed by atoms with Gasteiger partial charge in [-0.2, -0.15) is 0 Å². The molecule has 1 amide bonds. The molecular weight excluding hydrogens is 308 g/mol. The summed E-state index contributed by atoms with van der Waals surface area (Å²) < 4.78 is 5.52. The van der Waals surface area contributed by atoms with Crippen LogP contribution in [0.1, 0.15) is 31.7 Å². The van der Waals surface area contributed by atoms with Gasteiger partial charge in [0, 0.05) is 13.1 Å². The van der Waals surface area contributed by atoms with Crippen molar-refractivity contribution in [3.63, 3.8) is 0 Å². The summed E-state index contributed by atoms with van der Waals surface area (Å²) in [5.74, 6) is -0.375. The fourth-order valence-corrected chi connectivity index (χ4v) is 2.78. The van der Waals surface area contributed by atoms with Crippen LogP contribution in [-0.2, 0) is 16.1 Å². The number of amides is 1. The third-order valence-electron chi connectivity index (χ3n) is 4.11. The number of nitrogens with zero attached hydrogens (tertiary/aromatic N) is 1. The van der Waals surface area contributed by atoms with Crippen molar-refractivity contribution < 1.29 is 19.4 Å². The first-order valence-corrected chi connectivity index (χ1v) is 8.52. The molecule has 0 aliphatic carbocycles. The Bertz CT molecular complexity index is 544. The number of hydrogen-bond donors (Lipinski definition) is 2. The molecule has 1 fully saturated rings. The molecule has 0 aromatic heterocycles. The van der Waals surface area contributed by atoms with Crippen molar-refractivity contribution in [1.29, 1.82) is 0 Å². The summed E-state index contributed by atoms with van der Waals surface area (Å²) in [4.78, 5) is 25.0. The number of nitrogens with one attached hydrogen (secondary N) is 1. The highest BCUT2D eigenvalue weighted by molar-refractivity contribution is 5.78. The lowest BCUT2D eigenvalue weighted by atomic mass is 9.98. The number of piperidine rings is 1. The van der Waals surface area contributed by atoms with Crippen LogP contribution in [0.3, 0.4) is 0 Å². The molecule has 0 spiro atoms. The standard InChI is InChI=1S/C18H26N2O4/c1-2-10-24-16-7-5-14(6-8-16)11-19-17(21)13-20-9-3-4-15(12-20)18(22)23/h5-8,15H,2-4,9-13H2,1H3,(H,19,21)(H,22,23). The monoisotopic (exact) mass is 334 g/mol. The van der Waals surface area contributed by atoms with Crippen LogP contribution in [0.4, 0.5) is 0 Å². The van der Waals surface area contributed by atoms with Crippen LogP contribution < -0.4 is 10.1 Å². The number of carboxylic acids is 1. The summed E-state index contributed by atoms with van der Waals surface area (Å²) in [5, 5.41) is 12.0. The third-order valence-corrected chi connectivity index (χ3v) is 4.11. The zero-order valence-electron chi connectivity index (χ0n) is 14.2. The number of hydrogen-bond acceptors (Lipinski definition) is 4. The minimum absolute atomic E-state index is 0.0765. The molecule has 6 nitrogen and oxygen atoms in total. The zero-order chi connectivity index (χ0) is 17.4. The van der Waals surface area contributed by atoms with Gasteiger partial charge in [0.2, 0.25) is 5.91 Å². The SMILES string of the molecule is CCCOc1ccc(CNC(=O)CN2CCCC(C(=O)O)C2)cc1. The Kier molecular flexibility index (Phi) is 7.06. The summed E-state index contributed by atoms with van der Waals surface area (Å²) in [6.45, 7) is 4.70. The Balaban J connectivity index is 1.73. The minimum atomic E-state index is -0.773. The average Bonchev–Trinajstić information content (AvgIpc) is 2.59. The summed E-state index contributed by atoms with van der Waals surface area (Å²) >= 11 is 0. The number of ether oxygens (including phenoxy) is 1. The van der Waals surface area contributed by atoms with Gasteiger partial charge in [-0.1, -0.05) is 19.1 Å². The van der Waals surface area contributed by atoms with Gasteiger partial charge in [-0.15, -0.1) is 0 Å². The van der Waals surface area contributed by atoms with Gasteiger partial charge in [0.25, 0.3) is 0 Å². The van der Waals surface area contributed by atoms with Crippen LogP contribution in [0.15, 0.2) is 24.3 Å². The van der Waals surface area contributed by atoms with Crippen LogP contribution in [0, 0.1) is 5.92 Å². The van der Waals surface area contributed by atoms with Crippen molar-refractivity contribution >= 4 is 11.9 Å². The second-order valence-electron chi connectivity index (χ2n) is 6.18. The lowest BCUT2D eigenvalue weighted by molar-refractivity contribution is -0.144. The first kappa shape index (κ1) is 18.3. The quantitative estimate of drug-likeness (QED) is 0.759. The number of aliphatic carboxylic acids is 1. The normalized spacial score (nSPS) is 18.1. The van der Waals surface area contributed by atoms with Gasteiger partial charge in [0.05, 0.1) is 19.1 Å². The van der Waals surface area contributed by atoms with Crippen LogP contribution >= 0.6 is 0 Å². The van der Waals surface area contributed by atoms with Gasteiger partial charge in [-0.3, -0.25) is 14.5 Å². The van der Waals surface area contributed by atoms with Gasteiger partial charge >= 0.3 is 5.97 Å². The second kappa shape index (κ2) is 9.27. The van der Waals surface area contributed by atoms with Crippen LogP contribution in [0.2, 0.25) is 0 Å². The van der Waals surface area contributed by atoms with Crippen molar-refractivity contribution in [2.24, 2.45) is 5.92 Å². The van der Waals surface area contributed by atoms with E-state index in [0.717, 1.165) is 30.7 Å². The number of benzene rings is 1. The molecule has 1 aromatic carbocycles. The van der Waals surface area contributed by atoms with E-state index in [1.807, 2.05) is 29.2 Å². The van der Waals surface area contributed by atoms with Crippen LogP contribution in [-0.4, -0.2) is 48.1 Å². The fourth-order valence-electron chi connectivity index (χ4n) is 2.78. The average molecular weight is 334 g/mol. The smallest absolute Gasteiger partial charge is 0.307 e. The van der Waals surface area contributed by atoms with Gasteiger partial charge in [-0.25, -0.2) is 0 Å². The highest BCUT2D eigenvalue weighted by atomic mass is 16.5. The van der Waals surface area contributed by atoms with E-state index in [1.165, 1.54) is 0 Å². The van der Waals surface area contributed by atoms with E-state index in [-0.39, 0.29) is 18.4 Å². The van der Waals surface area contributed by atoms with E-state index in [9.17, 15) is 9.59 Å². The predicted octanol–water partition coefficient (Wildman–Crippen LogP) is 1.89.